The number of nitrogens with one attached hydrogen (secondary N) is 1. The van der Waals surface area contributed by atoms with Crippen LogP contribution in [0, 0.1) is 6.92 Å². The molecule has 0 spiro atoms. The molecule has 0 radical (unpaired) electrons. The van der Waals surface area contributed by atoms with Gasteiger partial charge in [-0.2, -0.15) is 0 Å². The monoisotopic (exact) mass is 271 g/mol. The Kier molecular flexibility index (Phi) is 3.37. The van der Waals surface area contributed by atoms with Gasteiger partial charge < -0.3 is 4.42 Å². The Morgan fingerprint density at radius 1 is 1.35 bits per heavy atom. The fourth-order valence-corrected chi connectivity index (χ4v) is 3.67. The third kappa shape index (κ3) is 2.77. The minimum atomic E-state index is -3.45. The zero-order valence-corrected chi connectivity index (χ0v) is 11.1. The average Bonchev–Trinajstić information content (AvgIpc) is 2.86. The first-order chi connectivity index (χ1) is 7.99. The lowest BCUT2D eigenvalue weighted by Crippen LogP contribution is -2.25. The number of hydrogen-bond acceptors (Lipinski definition) is 4. The molecule has 0 amide bonds. The van der Waals surface area contributed by atoms with Crippen molar-refractivity contribution < 1.29 is 12.8 Å². The maximum Gasteiger partial charge on any atom is 0.250 e. The van der Waals surface area contributed by atoms with Crippen molar-refractivity contribution in [2.45, 2.75) is 24.1 Å². The maximum absolute atomic E-state index is 11.9. The third-order valence-electron chi connectivity index (χ3n) is 2.28. The van der Waals surface area contributed by atoms with E-state index < -0.39 is 10.0 Å². The van der Waals surface area contributed by atoms with Crippen LogP contribution in [0.1, 0.15) is 24.5 Å². The molecular weight excluding hydrogens is 258 g/mol. The number of sulfonamides is 1. The summed E-state index contributed by atoms with van der Waals surface area (Å²) in [6, 6.07) is 6.49. The largest absolute Gasteiger partial charge is 0.465 e. The summed E-state index contributed by atoms with van der Waals surface area (Å²) in [6.45, 7) is 3.58. The van der Waals surface area contributed by atoms with Gasteiger partial charge in [0.2, 0.25) is 0 Å². The Hall–Kier alpha value is -1.11. The van der Waals surface area contributed by atoms with Crippen LogP contribution in [0.5, 0.6) is 0 Å². The van der Waals surface area contributed by atoms with Gasteiger partial charge in [-0.25, -0.2) is 13.1 Å². The molecule has 2 rings (SSSR count). The van der Waals surface area contributed by atoms with Crippen molar-refractivity contribution in [2.24, 2.45) is 0 Å². The summed E-state index contributed by atoms with van der Waals surface area (Å²) in [7, 11) is -3.45. The van der Waals surface area contributed by atoms with Crippen molar-refractivity contribution in [1.82, 2.24) is 4.72 Å². The lowest BCUT2D eigenvalue weighted by atomic mass is 10.3. The summed E-state index contributed by atoms with van der Waals surface area (Å²) in [5.74, 6) is 1.38. The smallest absolute Gasteiger partial charge is 0.250 e. The molecule has 2 heterocycles. The Bertz CT molecular complexity index is 584. The fraction of sp³-hybridized carbons (Fsp3) is 0.273. The summed E-state index contributed by atoms with van der Waals surface area (Å²) in [5.41, 5.74) is 0. The van der Waals surface area contributed by atoms with E-state index in [-0.39, 0.29) is 6.04 Å². The molecule has 0 bridgehead atoms. The van der Waals surface area contributed by atoms with Crippen LogP contribution in [-0.4, -0.2) is 8.42 Å². The highest BCUT2D eigenvalue weighted by molar-refractivity contribution is 7.91. The van der Waals surface area contributed by atoms with Crippen LogP contribution in [0.25, 0.3) is 0 Å². The van der Waals surface area contributed by atoms with Crippen LogP contribution in [-0.2, 0) is 10.0 Å². The number of hydrogen-bond donors (Lipinski definition) is 1. The van der Waals surface area contributed by atoms with Gasteiger partial charge in [0, 0.05) is 0 Å². The van der Waals surface area contributed by atoms with Crippen LogP contribution < -0.4 is 4.72 Å². The zero-order chi connectivity index (χ0) is 12.5. The second kappa shape index (κ2) is 4.64. The van der Waals surface area contributed by atoms with Gasteiger partial charge in [0.1, 0.15) is 15.7 Å². The molecule has 0 saturated carbocycles. The summed E-state index contributed by atoms with van der Waals surface area (Å²) >= 11 is 1.19. The van der Waals surface area contributed by atoms with E-state index in [1.165, 1.54) is 11.3 Å². The topological polar surface area (TPSA) is 59.3 Å². The van der Waals surface area contributed by atoms with Gasteiger partial charge in [-0.3, -0.25) is 0 Å². The number of rotatable bonds is 4. The molecule has 2 aromatic heterocycles. The molecule has 1 N–H and O–H groups in total. The molecule has 0 aliphatic heterocycles. The first-order valence-corrected chi connectivity index (χ1v) is 7.47. The van der Waals surface area contributed by atoms with Crippen molar-refractivity contribution in [1.29, 1.82) is 0 Å². The van der Waals surface area contributed by atoms with Crippen molar-refractivity contribution in [3.8, 4) is 0 Å². The maximum atomic E-state index is 11.9. The fourth-order valence-electron chi connectivity index (χ4n) is 1.45. The van der Waals surface area contributed by atoms with Crippen molar-refractivity contribution in [2.75, 3.05) is 0 Å². The van der Waals surface area contributed by atoms with Crippen molar-refractivity contribution in [3.63, 3.8) is 0 Å². The number of furan rings is 1. The molecule has 0 unspecified atom stereocenters. The average molecular weight is 271 g/mol. The normalized spacial score (nSPS) is 13.8. The Morgan fingerprint density at radius 2 is 2.12 bits per heavy atom. The first kappa shape index (κ1) is 12.3. The standard InChI is InChI=1S/C11H13NO3S2/c1-8-5-6-10(15-8)9(2)12-17(13,14)11-4-3-7-16-11/h3-7,9,12H,1-2H3/t9-/m0/s1. The van der Waals surface area contributed by atoms with Crippen LogP contribution in [0.2, 0.25) is 0 Å². The van der Waals surface area contributed by atoms with E-state index in [1.807, 2.05) is 13.0 Å². The quantitative estimate of drug-likeness (QED) is 0.930. The first-order valence-electron chi connectivity index (χ1n) is 5.11. The lowest BCUT2D eigenvalue weighted by molar-refractivity contribution is 0.441. The van der Waals surface area contributed by atoms with Gasteiger partial charge in [0.05, 0.1) is 6.04 Å². The molecule has 0 aliphatic rings. The Morgan fingerprint density at radius 3 is 2.65 bits per heavy atom. The SMILES string of the molecule is Cc1ccc([C@H](C)NS(=O)(=O)c2cccs2)o1. The minimum absolute atomic E-state index is 0.313. The van der Waals surface area contributed by atoms with Crippen LogP contribution >= 0.6 is 11.3 Å². The van der Waals surface area contributed by atoms with Crippen molar-refractivity contribution >= 4 is 21.4 Å². The van der Waals surface area contributed by atoms with Gasteiger partial charge >= 0.3 is 0 Å². The van der Waals surface area contributed by atoms with E-state index in [0.717, 1.165) is 5.76 Å². The number of aryl methyl sites for hydroxylation is 1. The second-order valence-corrected chi connectivity index (χ2v) is 6.61. The van der Waals surface area contributed by atoms with Crippen LogP contribution in [0.3, 0.4) is 0 Å². The highest BCUT2D eigenvalue weighted by Gasteiger charge is 2.20. The molecule has 17 heavy (non-hydrogen) atoms. The molecule has 2 aromatic rings. The van der Waals surface area contributed by atoms with Gasteiger partial charge in [0.15, 0.2) is 0 Å². The van der Waals surface area contributed by atoms with Crippen LogP contribution in [0.4, 0.5) is 0 Å². The van der Waals surface area contributed by atoms with Gasteiger partial charge in [0.25, 0.3) is 10.0 Å². The van der Waals surface area contributed by atoms with E-state index in [4.69, 9.17) is 4.42 Å². The summed E-state index contributed by atoms with van der Waals surface area (Å²) in [6.07, 6.45) is 0. The van der Waals surface area contributed by atoms with E-state index >= 15 is 0 Å². The van der Waals surface area contributed by atoms with E-state index in [9.17, 15) is 8.42 Å². The molecule has 6 heteroatoms. The molecule has 0 aromatic carbocycles. The molecule has 4 nitrogen and oxygen atoms in total. The molecule has 0 saturated heterocycles. The third-order valence-corrected chi connectivity index (χ3v) is 5.22. The van der Waals surface area contributed by atoms with Crippen LogP contribution in [0.15, 0.2) is 38.3 Å². The minimum Gasteiger partial charge on any atom is -0.465 e. The predicted molar refractivity (Wildman–Crippen MR) is 66.5 cm³/mol. The van der Waals surface area contributed by atoms with E-state index in [0.29, 0.717) is 9.97 Å². The van der Waals surface area contributed by atoms with Gasteiger partial charge in [-0.05, 0) is 37.4 Å². The zero-order valence-electron chi connectivity index (χ0n) is 9.51. The summed E-state index contributed by atoms with van der Waals surface area (Å²) in [4.78, 5) is 0. The molecule has 92 valence electrons. The number of thiophene rings is 1. The molecular formula is C11H13NO3S2. The highest BCUT2D eigenvalue weighted by atomic mass is 32.2. The van der Waals surface area contributed by atoms with Crippen molar-refractivity contribution in [3.05, 3.63) is 41.2 Å². The van der Waals surface area contributed by atoms with E-state index in [2.05, 4.69) is 4.72 Å². The summed E-state index contributed by atoms with van der Waals surface area (Å²) in [5, 5.41) is 1.73. The van der Waals surface area contributed by atoms with Gasteiger partial charge in [-0.1, -0.05) is 6.07 Å². The predicted octanol–water partition coefficient (Wildman–Crippen LogP) is 2.69. The Labute approximate surface area is 104 Å². The Balaban J connectivity index is 2.17. The second-order valence-electron chi connectivity index (χ2n) is 3.72. The lowest BCUT2D eigenvalue weighted by Gasteiger charge is -2.10. The molecule has 0 fully saturated rings. The molecule has 0 aliphatic carbocycles. The summed E-state index contributed by atoms with van der Waals surface area (Å²) < 4.78 is 32.2. The van der Waals surface area contributed by atoms with E-state index in [1.54, 1.807) is 30.5 Å². The van der Waals surface area contributed by atoms with Gasteiger partial charge in [-0.15, -0.1) is 11.3 Å². The molecule has 1 atom stereocenters. The highest BCUT2D eigenvalue weighted by Crippen LogP contribution is 2.21.